The maximum Gasteiger partial charge on any atom is 0.407 e. The van der Waals surface area contributed by atoms with E-state index < -0.39 is 18.3 Å². The molecule has 12 heteroatoms. The Morgan fingerprint density at radius 2 is 2.13 bits per heavy atom. The molecule has 3 heterocycles. The third-order valence-corrected chi connectivity index (χ3v) is 4.11. The van der Waals surface area contributed by atoms with Gasteiger partial charge in [0.1, 0.15) is 11.4 Å². The van der Waals surface area contributed by atoms with Gasteiger partial charge in [0.2, 0.25) is 5.88 Å². The van der Waals surface area contributed by atoms with Crippen LogP contribution in [-0.4, -0.2) is 57.6 Å². The van der Waals surface area contributed by atoms with Crippen LogP contribution in [-0.2, 0) is 4.74 Å². The highest BCUT2D eigenvalue weighted by Crippen LogP contribution is 2.22. The molecule has 0 radical (unpaired) electrons. The Hall–Kier alpha value is -3.18. The number of halogens is 2. The molecule has 0 unspecified atom stereocenters. The first-order valence-electron chi connectivity index (χ1n) is 9.52. The van der Waals surface area contributed by atoms with E-state index in [0.717, 1.165) is 19.4 Å². The number of nitrogens with zero attached hydrogens (tertiary/aromatic N) is 4. The fourth-order valence-electron chi connectivity index (χ4n) is 3.00. The summed E-state index contributed by atoms with van der Waals surface area (Å²) in [6, 6.07) is 1.22. The quantitative estimate of drug-likeness (QED) is 0.647. The second-order valence-electron chi connectivity index (χ2n) is 7.81. The summed E-state index contributed by atoms with van der Waals surface area (Å²) >= 11 is 0. The highest BCUT2D eigenvalue weighted by atomic mass is 19.3. The minimum absolute atomic E-state index is 0.0765. The SMILES string of the molecule is CC(C)(C)OC(=O)N[C@@H]1CCCN(c2cncc(Nc3cc(OC(F)F)[nH]n3)n2)C1. The van der Waals surface area contributed by atoms with Gasteiger partial charge in [0.05, 0.1) is 12.4 Å². The number of anilines is 3. The van der Waals surface area contributed by atoms with Crippen molar-refractivity contribution >= 4 is 23.5 Å². The van der Waals surface area contributed by atoms with Gasteiger partial charge in [0.25, 0.3) is 0 Å². The van der Waals surface area contributed by atoms with Crippen molar-refractivity contribution in [3.8, 4) is 5.88 Å². The lowest BCUT2D eigenvalue weighted by Gasteiger charge is -2.34. The normalized spacial score (nSPS) is 17.0. The third-order valence-electron chi connectivity index (χ3n) is 4.11. The monoisotopic (exact) mass is 425 g/mol. The van der Waals surface area contributed by atoms with E-state index in [9.17, 15) is 13.6 Å². The van der Waals surface area contributed by atoms with E-state index >= 15 is 0 Å². The Kier molecular flexibility index (Phi) is 6.53. The molecular weight excluding hydrogens is 400 g/mol. The number of H-pyrrole nitrogens is 1. The number of aromatic amines is 1. The first-order chi connectivity index (χ1) is 14.2. The van der Waals surface area contributed by atoms with Crippen molar-refractivity contribution in [2.24, 2.45) is 0 Å². The van der Waals surface area contributed by atoms with Gasteiger partial charge in [-0.05, 0) is 33.6 Å². The number of nitrogens with one attached hydrogen (secondary N) is 3. The van der Waals surface area contributed by atoms with E-state index in [1.807, 2.05) is 25.7 Å². The predicted octanol–water partition coefficient (Wildman–Crippen LogP) is 3.04. The Morgan fingerprint density at radius 1 is 1.33 bits per heavy atom. The number of piperidine rings is 1. The summed E-state index contributed by atoms with van der Waals surface area (Å²) in [5.74, 6) is 1.11. The van der Waals surface area contributed by atoms with Gasteiger partial charge in [-0.3, -0.25) is 4.98 Å². The van der Waals surface area contributed by atoms with Gasteiger partial charge in [-0.2, -0.15) is 13.9 Å². The topological polar surface area (TPSA) is 117 Å². The minimum Gasteiger partial charge on any atom is -0.444 e. The van der Waals surface area contributed by atoms with Gasteiger partial charge in [-0.25, -0.2) is 14.9 Å². The zero-order valence-electron chi connectivity index (χ0n) is 17.0. The molecule has 1 atom stereocenters. The molecule has 2 aromatic rings. The molecule has 1 aliphatic rings. The van der Waals surface area contributed by atoms with E-state index in [2.05, 4.69) is 35.5 Å². The molecule has 1 saturated heterocycles. The number of carbonyl (C=O) groups is 1. The first-order valence-corrected chi connectivity index (χ1v) is 9.52. The molecular formula is C18H25F2N7O3. The molecule has 10 nitrogen and oxygen atoms in total. The van der Waals surface area contributed by atoms with Gasteiger partial charge in [-0.15, -0.1) is 0 Å². The Morgan fingerprint density at radius 3 is 2.87 bits per heavy atom. The van der Waals surface area contributed by atoms with Crippen LogP contribution in [0.5, 0.6) is 5.88 Å². The molecule has 1 amide bonds. The van der Waals surface area contributed by atoms with Crippen molar-refractivity contribution in [1.82, 2.24) is 25.5 Å². The molecule has 30 heavy (non-hydrogen) atoms. The van der Waals surface area contributed by atoms with Crippen molar-refractivity contribution in [3.63, 3.8) is 0 Å². The first kappa shape index (κ1) is 21.5. The van der Waals surface area contributed by atoms with Crippen LogP contribution >= 0.6 is 0 Å². The number of hydrogen-bond acceptors (Lipinski definition) is 8. The number of ether oxygens (including phenoxy) is 2. The number of amides is 1. The van der Waals surface area contributed by atoms with Crippen molar-refractivity contribution in [3.05, 3.63) is 18.5 Å². The molecule has 0 saturated carbocycles. The van der Waals surface area contributed by atoms with E-state index in [1.54, 1.807) is 6.20 Å². The summed E-state index contributed by atoms with van der Waals surface area (Å²) in [5, 5.41) is 12.0. The molecule has 164 valence electrons. The number of alkyl halides is 2. The van der Waals surface area contributed by atoms with E-state index in [0.29, 0.717) is 18.2 Å². The second-order valence-corrected chi connectivity index (χ2v) is 7.81. The standard InChI is InChI=1S/C18H25F2N7O3/c1-18(2,3)30-17(28)22-11-5-4-6-27(10-11)14-9-21-8-13(24-14)23-12-7-15(26-25-12)29-16(19)20/h7-9,11,16H,4-6,10H2,1-3H3,(H,22,28)(H2,23,24,25,26)/t11-/m1/s1. The summed E-state index contributed by atoms with van der Waals surface area (Å²) in [5.41, 5.74) is -0.559. The molecule has 0 aromatic carbocycles. The van der Waals surface area contributed by atoms with Crippen LogP contribution in [0.4, 0.5) is 31.0 Å². The molecule has 3 N–H and O–H groups in total. The number of rotatable bonds is 6. The van der Waals surface area contributed by atoms with Gasteiger partial charge in [-0.1, -0.05) is 0 Å². The van der Waals surface area contributed by atoms with Crippen molar-refractivity contribution in [1.29, 1.82) is 0 Å². The van der Waals surface area contributed by atoms with Crippen LogP contribution < -0.4 is 20.3 Å². The Bertz CT molecular complexity index is 856. The Labute approximate surface area is 172 Å². The fraction of sp³-hybridized carbons (Fsp3) is 0.556. The van der Waals surface area contributed by atoms with Crippen LogP contribution in [0.2, 0.25) is 0 Å². The molecule has 1 fully saturated rings. The van der Waals surface area contributed by atoms with Crippen LogP contribution in [0.25, 0.3) is 0 Å². The highest BCUT2D eigenvalue weighted by Gasteiger charge is 2.25. The zero-order valence-corrected chi connectivity index (χ0v) is 17.0. The number of carbonyl (C=O) groups excluding carboxylic acids is 1. The van der Waals surface area contributed by atoms with Crippen molar-refractivity contribution < 1.29 is 23.0 Å². The smallest absolute Gasteiger partial charge is 0.407 e. The molecule has 1 aliphatic heterocycles. The summed E-state index contributed by atoms with van der Waals surface area (Å²) in [7, 11) is 0. The molecule has 0 bridgehead atoms. The zero-order chi connectivity index (χ0) is 21.7. The number of hydrogen-bond donors (Lipinski definition) is 3. The Balaban J connectivity index is 1.60. The van der Waals surface area contributed by atoms with Crippen LogP contribution in [0.15, 0.2) is 18.5 Å². The van der Waals surface area contributed by atoms with Crippen LogP contribution in [0, 0.1) is 0 Å². The lowest BCUT2D eigenvalue weighted by molar-refractivity contribution is -0.0528. The summed E-state index contributed by atoms with van der Waals surface area (Å²) in [4.78, 5) is 22.7. The second kappa shape index (κ2) is 9.09. The van der Waals surface area contributed by atoms with Crippen LogP contribution in [0.3, 0.4) is 0 Å². The molecule has 2 aromatic heterocycles. The maximum atomic E-state index is 12.3. The summed E-state index contributed by atoms with van der Waals surface area (Å²) < 4.78 is 34.1. The van der Waals surface area contributed by atoms with Gasteiger partial charge < -0.3 is 25.0 Å². The summed E-state index contributed by atoms with van der Waals surface area (Å²) in [6.45, 7) is 3.83. The van der Waals surface area contributed by atoms with Crippen molar-refractivity contribution in [2.75, 3.05) is 23.3 Å². The lowest BCUT2D eigenvalue weighted by Crippen LogP contribution is -2.49. The molecule has 3 rings (SSSR count). The minimum atomic E-state index is -2.94. The molecule has 0 aliphatic carbocycles. The third kappa shape index (κ3) is 6.42. The number of alkyl carbamates (subject to hydrolysis) is 1. The fourth-order valence-corrected chi connectivity index (χ4v) is 3.00. The average molecular weight is 425 g/mol. The van der Waals surface area contributed by atoms with Crippen molar-refractivity contribution in [2.45, 2.75) is 51.9 Å². The lowest BCUT2D eigenvalue weighted by atomic mass is 10.1. The average Bonchev–Trinajstić information content (AvgIpc) is 3.06. The van der Waals surface area contributed by atoms with E-state index in [4.69, 9.17) is 4.74 Å². The van der Waals surface area contributed by atoms with Gasteiger partial charge in [0.15, 0.2) is 11.6 Å². The van der Waals surface area contributed by atoms with Crippen LogP contribution in [0.1, 0.15) is 33.6 Å². The highest BCUT2D eigenvalue weighted by molar-refractivity contribution is 5.68. The van der Waals surface area contributed by atoms with Gasteiger partial charge >= 0.3 is 12.7 Å². The number of aromatic nitrogens is 4. The maximum absolute atomic E-state index is 12.3. The van der Waals surface area contributed by atoms with E-state index in [-0.39, 0.29) is 17.7 Å². The predicted molar refractivity (Wildman–Crippen MR) is 105 cm³/mol. The molecule has 0 spiro atoms. The largest absolute Gasteiger partial charge is 0.444 e. The van der Waals surface area contributed by atoms with E-state index in [1.165, 1.54) is 12.3 Å². The van der Waals surface area contributed by atoms with Gasteiger partial charge in [0, 0.05) is 25.2 Å². The summed E-state index contributed by atoms with van der Waals surface area (Å²) in [6.07, 6.45) is 4.37.